The third kappa shape index (κ3) is 4.44. The van der Waals surface area contributed by atoms with Crippen LogP contribution in [0.15, 0.2) is 48.7 Å². The lowest BCUT2D eigenvalue weighted by Gasteiger charge is -2.16. The van der Waals surface area contributed by atoms with Gasteiger partial charge < -0.3 is 15.0 Å². The molecule has 1 aromatic heterocycles. The number of carbonyl (C=O) groups is 4. The van der Waals surface area contributed by atoms with Gasteiger partial charge in [-0.3, -0.25) is 19.3 Å². The van der Waals surface area contributed by atoms with Crippen LogP contribution in [0.1, 0.15) is 56.9 Å². The maximum absolute atomic E-state index is 13.0. The Kier molecular flexibility index (Phi) is 6.49. The minimum absolute atomic E-state index is 0.193. The average Bonchev–Trinajstić information content (AvgIpc) is 3.34. The first-order valence-electron chi connectivity index (χ1n) is 11.2. The first-order valence-corrected chi connectivity index (χ1v) is 11.2. The minimum Gasteiger partial charge on any atom is -0.467 e. The van der Waals surface area contributed by atoms with E-state index in [-0.39, 0.29) is 29.0 Å². The van der Waals surface area contributed by atoms with Crippen molar-refractivity contribution in [3.8, 4) is 0 Å². The van der Waals surface area contributed by atoms with Gasteiger partial charge in [-0.1, -0.05) is 32.0 Å². The number of H-pyrrole nitrogens is 1. The van der Waals surface area contributed by atoms with Crippen LogP contribution in [0, 0.1) is 5.92 Å². The molecule has 176 valence electrons. The van der Waals surface area contributed by atoms with Gasteiger partial charge in [0.1, 0.15) is 6.04 Å². The van der Waals surface area contributed by atoms with Crippen LogP contribution in [-0.2, 0) is 16.0 Å². The van der Waals surface area contributed by atoms with Gasteiger partial charge in [-0.2, -0.15) is 0 Å². The Morgan fingerprint density at radius 1 is 1.06 bits per heavy atom. The third-order valence-corrected chi connectivity index (χ3v) is 6.05. The molecule has 34 heavy (non-hydrogen) atoms. The molecule has 2 aromatic carbocycles. The van der Waals surface area contributed by atoms with Crippen molar-refractivity contribution in [1.82, 2.24) is 15.2 Å². The van der Waals surface area contributed by atoms with Crippen LogP contribution in [0.4, 0.5) is 0 Å². The number of hydrogen-bond donors (Lipinski definition) is 2. The third-order valence-electron chi connectivity index (χ3n) is 6.05. The van der Waals surface area contributed by atoms with Gasteiger partial charge >= 0.3 is 5.97 Å². The predicted octanol–water partition coefficient (Wildman–Crippen LogP) is 3.32. The van der Waals surface area contributed by atoms with Gasteiger partial charge in [0, 0.05) is 35.6 Å². The van der Waals surface area contributed by atoms with E-state index in [1.54, 1.807) is 6.20 Å². The highest BCUT2D eigenvalue weighted by atomic mass is 16.5. The van der Waals surface area contributed by atoms with Gasteiger partial charge in [-0.15, -0.1) is 0 Å². The summed E-state index contributed by atoms with van der Waals surface area (Å²) in [5.41, 5.74) is 2.47. The van der Waals surface area contributed by atoms with Gasteiger partial charge in [0.2, 0.25) is 0 Å². The molecule has 3 aromatic rings. The fraction of sp³-hybridized carbons (Fsp3) is 0.308. The summed E-state index contributed by atoms with van der Waals surface area (Å²) in [6.07, 6.45) is 2.74. The van der Waals surface area contributed by atoms with E-state index in [4.69, 9.17) is 4.74 Å². The number of nitrogens with one attached hydrogen (secondary N) is 2. The van der Waals surface area contributed by atoms with Crippen LogP contribution < -0.4 is 5.32 Å². The molecule has 1 atom stereocenters. The van der Waals surface area contributed by atoms with Gasteiger partial charge in [-0.25, -0.2) is 4.79 Å². The summed E-state index contributed by atoms with van der Waals surface area (Å²) in [6, 6.07) is 11.1. The van der Waals surface area contributed by atoms with E-state index >= 15 is 0 Å². The number of rotatable bonds is 8. The number of imide groups is 1. The van der Waals surface area contributed by atoms with E-state index in [0.29, 0.717) is 18.9 Å². The molecular formula is C26H27N3O5. The van der Waals surface area contributed by atoms with Crippen molar-refractivity contribution in [3.63, 3.8) is 0 Å². The summed E-state index contributed by atoms with van der Waals surface area (Å²) in [4.78, 5) is 55.3. The maximum atomic E-state index is 13.0. The second kappa shape index (κ2) is 9.51. The second-order valence-electron chi connectivity index (χ2n) is 8.82. The molecule has 0 saturated heterocycles. The van der Waals surface area contributed by atoms with Crippen LogP contribution in [0.2, 0.25) is 0 Å². The van der Waals surface area contributed by atoms with Crippen LogP contribution in [-0.4, -0.2) is 53.3 Å². The summed E-state index contributed by atoms with van der Waals surface area (Å²) >= 11 is 0. The predicted molar refractivity (Wildman–Crippen MR) is 127 cm³/mol. The molecule has 4 rings (SSSR count). The molecule has 8 nitrogen and oxygen atoms in total. The van der Waals surface area contributed by atoms with Gasteiger partial charge in [0.15, 0.2) is 0 Å². The number of fused-ring (bicyclic) bond motifs is 2. The fourth-order valence-corrected chi connectivity index (χ4v) is 4.12. The maximum Gasteiger partial charge on any atom is 0.328 e. The smallest absolute Gasteiger partial charge is 0.328 e. The second-order valence-corrected chi connectivity index (χ2v) is 8.82. The van der Waals surface area contributed by atoms with Crippen LogP contribution >= 0.6 is 0 Å². The summed E-state index contributed by atoms with van der Waals surface area (Å²) in [5.74, 6) is -1.51. The van der Waals surface area contributed by atoms with E-state index in [1.807, 2.05) is 38.1 Å². The number of amides is 3. The summed E-state index contributed by atoms with van der Waals surface area (Å²) in [7, 11) is 1.27. The zero-order valence-electron chi connectivity index (χ0n) is 19.4. The number of carbonyl (C=O) groups excluding carboxylic acids is 4. The molecule has 0 bridgehead atoms. The lowest BCUT2D eigenvalue weighted by Crippen LogP contribution is -2.43. The Hall–Kier alpha value is -3.94. The van der Waals surface area contributed by atoms with Gasteiger partial charge in [0.25, 0.3) is 17.7 Å². The molecule has 0 fully saturated rings. The van der Waals surface area contributed by atoms with Crippen LogP contribution in [0.3, 0.4) is 0 Å². The van der Waals surface area contributed by atoms with E-state index in [9.17, 15) is 19.2 Å². The fourth-order valence-electron chi connectivity index (χ4n) is 4.12. The first kappa shape index (κ1) is 23.2. The van der Waals surface area contributed by atoms with Crippen molar-refractivity contribution < 1.29 is 23.9 Å². The monoisotopic (exact) mass is 461 g/mol. The van der Waals surface area contributed by atoms with E-state index < -0.39 is 23.8 Å². The van der Waals surface area contributed by atoms with Crippen LogP contribution in [0.5, 0.6) is 0 Å². The van der Waals surface area contributed by atoms with Crippen molar-refractivity contribution >= 4 is 34.6 Å². The number of aromatic nitrogens is 1. The Bertz CT molecular complexity index is 1280. The highest BCUT2D eigenvalue weighted by Crippen LogP contribution is 2.25. The van der Waals surface area contributed by atoms with Crippen LogP contribution in [0.25, 0.3) is 10.9 Å². The highest BCUT2D eigenvalue weighted by molar-refractivity contribution is 6.22. The van der Waals surface area contributed by atoms with Crippen molar-refractivity contribution in [1.29, 1.82) is 0 Å². The van der Waals surface area contributed by atoms with Crippen molar-refractivity contribution in [2.45, 2.75) is 32.7 Å². The molecule has 3 amide bonds. The minimum atomic E-state index is -0.926. The molecule has 0 radical (unpaired) electrons. The largest absolute Gasteiger partial charge is 0.467 e. The lowest BCUT2D eigenvalue weighted by atomic mass is 10.0. The highest BCUT2D eigenvalue weighted by Gasteiger charge is 2.36. The Morgan fingerprint density at radius 2 is 1.79 bits per heavy atom. The molecule has 1 aliphatic rings. The Labute approximate surface area is 197 Å². The normalized spacial score (nSPS) is 13.9. The molecule has 0 aliphatic carbocycles. The molecule has 8 heteroatoms. The summed E-state index contributed by atoms with van der Waals surface area (Å²) < 4.78 is 4.91. The molecular weight excluding hydrogens is 434 g/mol. The lowest BCUT2D eigenvalue weighted by molar-refractivity contribution is -0.142. The van der Waals surface area contributed by atoms with Crippen molar-refractivity contribution in [2.24, 2.45) is 5.92 Å². The number of hydrogen-bond acceptors (Lipinski definition) is 5. The number of nitrogens with zero attached hydrogens (tertiary/aromatic N) is 1. The Morgan fingerprint density at radius 3 is 2.53 bits per heavy atom. The summed E-state index contributed by atoms with van der Waals surface area (Å²) in [6.45, 7) is 4.38. The van der Waals surface area contributed by atoms with Gasteiger partial charge in [-0.05, 0) is 42.2 Å². The quantitative estimate of drug-likeness (QED) is 0.395. The number of benzene rings is 2. The number of esters is 1. The number of para-hydroxylation sites is 1. The number of methoxy groups -OCH3 is 1. The van der Waals surface area contributed by atoms with E-state index in [1.165, 1.54) is 30.2 Å². The Balaban J connectivity index is 1.54. The first-order chi connectivity index (χ1) is 16.3. The molecule has 0 spiro atoms. The molecule has 2 heterocycles. The van der Waals surface area contributed by atoms with E-state index in [2.05, 4.69) is 10.3 Å². The SMILES string of the molecule is COC(=O)[C@H](Cc1c[nH]c2ccccc12)NC(=O)c1ccc2c(c1)C(=O)N(CCC(C)C)C2=O. The molecule has 2 N–H and O–H groups in total. The molecule has 0 unspecified atom stereocenters. The van der Waals surface area contributed by atoms with Gasteiger partial charge in [0.05, 0.1) is 18.2 Å². The van der Waals surface area contributed by atoms with E-state index in [0.717, 1.165) is 16.5 Å². The topological polar surface area (TPSA) is 109 Å². The number of aromatic amines is 1. The average molecular weight is 462 g/mol. The zero-order chi connectivity index (χ0) is 24.4. The summed E-state index contributed by atoms with van der Waals surface area (Å²) in [5, 5.41) is 3.67. The molecule has 1 aliphatic heterocycles. The zero-order valence-corrected chi connectivity index (χ0v) is 19.4. The molecule has 0 saturated carbocycles. The van der Waals surface area contributed by atoms with Crippen molar-refractivity contribution in [2.75, 3.05) is 13.7 Å². The standard InChI is InChI=1S/C26H27N3O5/c1-15(2)10-11-29-24(31)19-9-8-16(12-20(19)25(29)32)23(30)28-22(26(33)34-3)13-17-14-27-21-7-5-4-6-18(17)21/h4-9,12,14-15,22,27H,10-11,13H2,1-3H3,(H,28,30)/t22-/m0/s1. The van der Waals surface area contributed by atoms with Crippen molar-refractivity contribution in [3.05, 3.63) is 70.9 Å². The number of ether oxygens (including phenoxy) is 1.